The first kappa shape index (κ1) is 15.9. The summed E-state index contributed by atoms with van der Waals surface area (Å²) in [5, 5.41) is 9.59. The molecule has 1 heterocycles. The number of hydrogen-bond donors (Lipinski definition) is 1. The van der Waals surface area contributed by atoms with E-state index in [1.54, 1.807) is 0 Å². The minimum absolute atomic E-state index is 0.257. The van der Waals surface area contributed by atoms with Gasteiger partial charge in [0.25, 0.3) is 0 Å². The lowest BCUT2D eigenvalue weighted by Crippen LogP contribution is -2.52. The Morgan fingerprint density at radius 1 is 0.957 bits per heavy atom. The maximum atomic E-state index is 13.3. The number of rotatable bonds is 2. The van der Waals surface area contributed by atoms with Crippen LogP contribution in [0.4, 0.5) is 17.6 Å². The maximum absolute atomic E-state index is 13.3. The van der Waals surface area contributed by atoms with Gasteiger partial charge in [-0.25, -0.2) is 0 Å². The van der Waals surface area contributed by atoms with Crippen LogP contribution >= 0.6 is 0 Å². The molecule has 0 bridgehead atoms. The molecule has 0 spiro atoms. The highest BCUT2D eigenvalue weighted by atomic mass is 19.3. The van der Waals surface area contributed by atoms with Crippen molar-refractivity contribution in [1.29, 1.82) is 0 Å². The fourth-order valence-corrected chi connectivity index (χ4v) is 3.15. The van der Waals surface area contributed by atoms with Crippen molar-refractivity contribution >= 4 is 5.97 Å². The van der Waals surface area contributed by atoms with Crippen molar-refractivity contribution in [2.75, 3.05) is 0 Å². The lowest BCUT2D eigenvalue weighted by molar-refractivity contribution is -0.391. The van der Waals surface area contributed by atoms with Gasteiger partial charge in [-0.15, -0.1) is 0 Å². The Labute approximate surface area is 129 Å². The van der Waals surface area contributed by atoms with Crippen LogP contribution in [0.25, 0.3) is 0 Å². The summed E-state index contributed by atoms with van der Waals surface area (Å²) >= 11 is 0. The van der Waals surface area contributed by atoms with Gasteiger partial charge in [-0.05, 0) is 30.5 Å². The number of aliphatic carboxylic acids is 1. The quantitative estimate of drug-likeness (QED) is 0.833. The largest absolute Gasteiger partial charge is 0.507 e. The minimum atomic E-state index is -4.82. The van der Waals surface area contributed by atoms with Gasteiger partial charge in [0.1, 0.15) is 0 Å². The smallest absolute Gasteiger partial charge is 0.481 e. The normalized spacial score (nSPS) is 24.0. The summed E-state index contributed by atoms with van der Waals surface area (Å²) in [7, 11) is 0. The summed E-state index contributed by atoms with van der Waals surface area (Å²) in [5.74, 6) is -2.18. The van der Waals surface area contributed by atoms with Gasteiger partial charge in [0.05, 0.1) is 5.41 Å². The number of carbonyl (C=O) groups is 1. The molecule has 0 radical (unpaired) electrons. The van der Waals surface area contributed by atoms with E-state index in [0.29, 0.717) is 25.7 Å². The van der Waals surface area contributed by atoms with E-state index in [1.807, 2.05) is 0 Å². The number of fused-ring (bicyclic) bond motifs is 1. The Balaban J connectivity index is 2.03. The lowest BCUT2D eigenvalue weighted by atomic mass is 9.69. The van der Waals surface area contributed by atoms with Crippen LogP contribution in [0.1, 0.15) is 37.7 Å². The van der Waals surface area contributed by atoms with Crippen LogP contribution in [0.5, 0.6) is 11.5 Å². The SMILES string of the molecule is O=C(O)C1(c2ccc3c(c2)OC(F)(F)C(F)(F)O3)CCCCC1. The Kier molecular flexibility index (Phi) is 3.46. The van der Waals surface area contributed by atoms with Crippen LogP contribution in [0.15, 0.2) is 18.2 Å². The molecule has 1 aromatic rings. The Hall–Kier alpha value is -1.99. The molecule has 0 saturated heterocycles. The zero-order valence-electron chi connectivity index (χ0n) is 12.0. The molecule has 23 heavy (non-hydrogen) atoms. The van der Waals surface area contributed by atoms with E-state index in [4.69, 9.17) is 0 Å². The van der Waals surface area contributed by atoms with Crippen molar-refractivity contribution in [3.63, 3.8) is 0 Å². The second-order valence-electron chi connectivity index (χ2n) is 5.85. The summed E-state index contributed by atoms with van der Waals surface area (Å²) < 4.78 is 60.9. The molecule has 1 aliphatic heterocycles. The van der Waals surface area contributed by atoms with Gasteiger partial charge in [-0.2, -0.15) is 17.6 Å². The molecular weight excluding hydrogens is 320 g/mol. The van der Waals surface area contributed by atoms with Crippen molar-refractivity contribution < 1.29 is 36.9 Å². The van der Waals surface area contributed by atoms with E-state index in [0.717, 1.165) is 18.6 Å². The van der Waals surface area contributed by atoms with Crippen LogP contribution in [0.3, 0.4) is 0 Å². The number of ether oxygens (including phenoxy) is 2. The van der Waals surface area contributed by atoms with Gasteiger partial charge in [-0.1, -0.05) is 25.3 Å². The summed E-state index contributed by atoms with van der Waals surface area (Å²) in [6.07, 6.45) is -6.62. The maximum Gasteiger partial charge on any atom is 0.507 e. The Morgan fingerprint density at radius 3 is 2.09 bits per heavy atom. The molecule has 0 aromatic heterocycles. The third kappa shape index (κ3) is 2.40. The highest BCUT2D eigenvalue weighted by Crippen LogP contribution is 2.49. The van der Waals surface area contributed by atoms with Crippen molar-refractivity contribution in [1.82, 2.24) is 0 Å². The predicted octanol–water partition coefficient (Wildman–Crippen LogP) is 3.93. The Morgan fingerprint density at radius 2 is 1.52 bits per heavy atom. The number of benzene rings is 1. The molecule has 1 saturated carbocycles. The highest BCUT2D eigenvalue weighted by Gasteiger charge is 2.66. The standard InChI is InChI=1S/C15H14F4O4/c16-14(17)15(18,19)23-11-8-9(4-5-10(11)22-14)13(12(20)21)6-2-1-3-7-13/h4-5,8H,1-3,6-7H2,(H,20,21). The minimum Gasteiger partial charge on any atom is -0.481 e. The first-order valence-electron chi connectivity index (χ1n) is 7.20. The summed E-state index contributed by atoms with van der Waals surface area (Å²) in [6, 6.07) is 3.44. The molecule has 0 amide bonds. The third-order valence-electron chi connectivity index (χ3n) is 4.43. The molecule has 0 unspecified atom stereocenters. The molecule has 3 rings (SSSR count). The van der Waals surface area contributed by atoms with Crippen LogP contribution in [0, 0.1) is 0 Å². The van der Waals surface area contributed by atoms with Gasteiger partial charge in [0.2, 0.25) is 0 Å². The molecule has 0 atom stereocenters. The lowest BCUT2D eigenvalue weighted by Gasteiger charge is -2.36. The molecule has 1 aromatic carbocycles. The zero-order valence-corrected chi connectivity index (χ0v) is 12.0. The average molecular weight is 334 g/mol. The number of hydrogen-bond acceptors (Lipinski definition) is 3. The van der Waals surface area contributed by atoms with E-state index >= 15 is 0 Å². The molecule has 1 N–H and O–H groups in total. The van der Waals surface area contributed by atoms with E-state index in [9.17, 15) is 27.5 Å². The van der Waals surface area contributed by atoms with Crippen molar-refractivity contribution in [2.24, 2.45) is 0 Å². The molecule has 8 heteroatoms. The molecule has 2 aliphatic rings. The fourth-order valence-electron chi connectivity index (χ4n) is 3.15. The third-order valence-corrected chi connectivity index (χ3v) is 4.43. The first-order valence-corrected chi connectivity index (χ1v) is 7.20. The second kappa shape index (κ2) is 5.01. The van der Waals surface area contributed by atoms with Gasteiger partial charge in [-0.3, -0.25) is 4.79 Å². The highest BCUT2D eigenvalue weighted by molar-refractivity contribution is 5.82. The van der Waals surface area contributed by atoms with Crippen LogP contribution in [0.2, 0.25) is 0 Å². The van der Waals surface area contributed by atoms with Crippen molar-refractivity contribution in [3.8, 4) is 11.5 Å². The molecular formula is C15H14F4O4. The number of carboxylic acids is 1. The van der Waals surface area contributed by atoms with E-state index in [1.165, 1.54) is 6.07 Å². The second-order valence-corrected chi connectivity index (χ2v) is 5.85. The van der Waals surface area contributed by atoms with E-state index in [-0.39, 0.29) is 5.56 Å². The fraction of sp³-hybridized carbons (Fsp3) is 0.533. The topological polar surface area (TPSA) is 55.8 Å². The monoisotopic (exact) mass is 334 g/mol. The van der Waals surface area contributed by atoms with Crippen LogP contribution in [-0.4, -0.2) is 23.3 Å². The molecule has 1 aliphatic carbocycles. The van der Waals surface area contributed by atoms with Gasteiger partial charge in [0, 0.05) is 0 Å². The van der Waals surface area contributed by atoms with E-state index in [2.05, 4.69) is 9.47 Å². The Bertz CT molecular complexity index is 638. The summed E-state index contributed by atoms with van der Waals surface area (Å²) in [4.78, 5) is 11.7. The summed E-state index contributed by atoms with van der Waals surface area (Å²) in [5.41, 5.74) is -0.959. The van der Waals surface area contributed by atoms with Gasteiger partial charge in [0.15, 0.2) is 11.5 Å². The molecule has 4 nitrogen and oxygen atoms in total. The molecule has 126 valence electrons. The van der Waals surface area contributed by atoms with Crippen molar-refractivity contribution in [3.05, 3.63) is 23.8 Å². The predicted molar refractivity (Wildman–Crippen MR) is 70.0 cm³/mol. The number of halogens is 4. The van der Waals surface area contributed by atoms with E-state index < -0.39 is 35.1 Å². The summed E-state index contributed by atoms with van der Waals surface area (Å²) in [6.45, 7) is 0. The zero-order chi connectivity index (χ0) is 16.9. The van der Waals surface area contributed by atoms with Crippen LogP contribution in [-0.2, 0) is 10.2 Å². The van der Waals surface area contributed by atoms with Crippen molar-refractivity contribution in [2.45, 2.75) is 49.7 Å². The van der Waals surface area contributed by atoms with Crippen LogP contribution < -0.4 is 9.47 Å². The number of alkyl halides is 4. The van der Waals surface area contributed by atoms with Gasteiger partial charge >= 0.3 is 18.2 Å². The first-order chi connectivity index (χ1) is 10.7. The van der Waals surface area contributed by atoms with Gasteiger partial charge < -0.3 is 14.6 Å². The number of carboxylic acid groups (broad SMARTS) is 1. The average Bonchev–Trinajstić information content (AvgIpc) is 2.48. The molecule has 1 fully saturated rings.